The fourth-order valence-corrected chi connectivity index (χ4v) is 1.32. The molecule has 0 bridgehead atoms. The second kappa shape index (κ2) is 5.30. The van der Waals surface area contributed by atoms with E-state index in [0.717, 1.165) is 5.57 Å². The minimum atomic E-state index is 0.0759. The smallest absolute Gasteiger partial charge is 0.152 e. The lowest BCUT2D eigenvalue weighted by Crippen LogP contribution is -1.81. The first-order chi connectivity index (χ1) is 7.08. The zero-order valence-corrected chi connectivity index (χ0v) is 9.45. The Morgan fingerprint density at radius 2 is 1.93 bits per heavy atom. The van der Waals surface area contributed by atoms with E-state index >= 15 is 0 Å². The largest absolute Gasteiger partial charge is 0.295 e. The van der Waals surface area contributed by atoms with Crippen molar-refractivity contribution < 1.29 is 4.79 Å². The highest BCUT2D eigenvalue weighted by Crippen LogP contribution is 2.09. The van der Waals surface area contributed by atoms with Crippen molar-refractivity contribution in [3.05, 3.63) is 53.1 Å². The van der Waals surface area contributed by atoms with Gasteiger partial charge < -0.3 is 0 Å². The monoisotopic (exact) mass is 200 g/mol. The van der Waals surface area contributed by atoms with Crippen LogP contribution in [0.2, 0.25) is 0 Å². The number of carbonyl (C=O) groups excluding carboxylic acids is 1. The standard InChI is InChI=1S/C14H16O/c1-11-5-4-6-14(9-11)10-12(2)7-8-13(3)15/h4-10H,1-3H3. The Hall–Kier alpha value is -1.63. The number of benzene rings is 1. The van der Waals surface area contributed by atoms with E-state index in [4.69, 9.17) is 0 Å². The molecule has 0 saturated carbocycles. The summed E-state index contributed by atoms with van der Waals surface area (Å²) in [6.45, 7) is 5.61. The van der Waals surface area contributed by atoms with Crippen molar-refractivity contribution in [2.75, 3.05) is 0 Å². The first kappa shape index (κ1) is 11.4. The summed E-state index contributed by atoms with van der Waals surface area (Å²) >= 11 is 0. The third-order valence-corrected chi connectivity index (χ3v) is 2.02. The Kier molecular flexibility index (Phi) is 4.04. The summed E-state index contributed by atoms with van der Waals surface area (Å²) < 4.78 is 0. The number of allylic oxidation sites excluding steroid dienone is 3. The van der Waals surface area contributed by atoms with Crippen LogP contribution in [0.5, 0.6) is 0 Å². The fourth-order valence-electron chi connectivity index (χ4n) is 1.32. The molecule has 0 N–H and O–H groups in total. The SMILES string of the molecule is CC(=O)C=CC(C)=Cc1cccc(C)c1. The van der Waals surface area contributed by atoms with Crippen LogP contribution in [0.1, 0.15) is 25.0 Å². The van der Waals surface area contributed by atoms with Crippen molar-refractivity contribution >= 4 is 11.9 Å². The molecule has 78 valence electrons. The van der Waals surface area contributed by atoms with Crippen LogP contribution in [0.25, 0.3) is 6.08 Å². The van der Waals surface area contributed by atoms with Crippen molar-refractivity contribution in [1.29, 1.82) is 0 Å². The summed E-state index contributed by atoms with van der Waals surface area (Å²) in [5, 5.41) is 0. The Bertz CT molecular complexity index is 411. The molecule has 0 amide bonds. The molecule has 1 rings (SSSR count). The maximum Gasteiger partial charge on any atom is 0.152 e. The molecule has 0 aliphatic heterocycles. The molecule has 0 saturated heterocycles. The van der Waals surface area contributed by atoms with E-state index in [9.17, 15) is 4.79 Å². The minimum absolute atomic E-state index is 0.0759. The third kappa shape index (κ3) is 4.41. The van der Waals surface area contributed by atoms with Gasteiger partial charge in [-0.15, -0.1) is 0 Å². The van der Waals surface area contributed by atoms with Crippen LogP contribution in [0, 0.1) is 6.92 Å². The number of rotatable bonds is 3. The van der Waals surface area contributed by atoms with Gasteiger partial charge in [-0.2, -0.15) is 0 Å². The van der Waals surface area contributed by atoms with Crippen LogP contribution in [-0.2, 0) is 4.79 Å². The van der Waals surface area contributed by atoms with E-state index in [1.54, 1.807) is 13.0 Å². The van der Waals surface area contributed by atoms with Crippen LogP contribution < -0.4 is 0 Å². The number of hydrogen-bond donors (Lipinski definition) is 0. The molecule has 1 aromatic rings. The van der Waals surface area contributed by atoms with Crippen molar-refractivity contribution in [1.82, 2.24) is 0 Å². The molecule has 0 heterocycles. The van der Waals surface area contributed by atoms with Gasteiger partial charge in [0, 0.05) is 0 Å². The number of ketones is 1. The zero-order valence-electron chi connectivity index (χ0n) is 9.45. The topological polar surface area (TPSA) is 17.1 Å². The van der Waals surface area contributed by atoms with Crippen LogP contribution in [0.3, 0.4) is 0 Å². The van der Waals surface area contributed by atoms with Crippen LogP contribution in [-0.4, -0.2) is 5.78 Å². The van der Waals surface area contributed by atoms with Crippen molar-refractivity contribution in [3.8, 4) is 0 Å². The summed E-state index contributed by atoms with van der Waals surface area (Å²) in [5.74, 6) is 0.0759. The molecule has 0 aromatic heterocycles. The highest BCUT2D eigenvalue weighted by Gasteiger charge is 1.89. The maximum atomic E-state index is 10.7. The zero-order chi connectivity index (χ0) is 11.3. The van der Waals surface area contributed by atoms with Gasteiger partial charge in [-0.1, -0.05) is 47.6 Å². The van der Waals surface area contributed by atoms with E-state index < -0.39 is 0 Å². The van der Waals surface area contributed by atoms with E-state index in [1.165, 1.54) is 11.1 Å². The first-order valence-electron chi connectivity index (χ1n) is 5.01. The molecule has 0 unspecified atom stereocenters. The summed E-state index contributed by atoms with van der Waals surface area (Å²) in [4.78, 5) is 10.7. The van der Waals surface area contributed by atoms with Crippen LogP contribution >= 0.6 is 0 Å². The van der Waals surface area contributed by atoms with Gasteiger partial charge in [0.1, 0.15) is 0 Å². The predicted molar refractivity (Wildman–Crippen MR) is 64.7 cm³/mol. The molecule has 1 nitrogen and oxygen atoms in total. The van der Waals surface area contributed by atoms with Gasteiger partial charge in [0.15, 0.2) is 5.78 Å². The molecular formula is C14H16O. The second-order valence-corrected chi connectivity index (χ2v) is 3.75. The Morgan fingerprint density at radius 3 is 2.53 bits per heavy atom. The highest BCUT2D eigenvalue weighted by atomic mass is 16.1. The number of carbonyl (C=O) groups is 1. The Morgan fingerprint density at radius 1 is 1.20 bits per heavy atom. The molecule has 15 heavy (non-hydrogen) atoms. The number of aryl methyl sites for hydroxylation is 1. The van der Waals surface area contributed by atoms with Gasteiger partial charge in [-0.05, 0) is 32.4 Å². The molecule has 0 aliphatic carbocycles. The lowest BCUT2D eigenvalue weighted by molar-refractivity contribution is -0.112. The normalized spacial score (nSPS) is 12.1. The van der Waals surface area contributed by atoms with Crippen molar-refractivity contribution in [3.63, 3.8) is 0 Å². The van der Waals surface area contributed by atoms with E-state index in [-0.39, 0.29) is 5.78 Å². The summed E-state index contributed by atoms with van der Waals surface area (Å²) in [6.07, 6.45) is 5.48. The summed E-state index contributed by atoms with van der Waals surface area (Å²) in [6, 6.07) is 8.27. The van der Waals surface area contributed by atoms with Gasteiger partial charge in [-0.25, -0.2) is 0 Å². The first-order valence-corrected chi connectivity index (χ1v) is 5.01. The third-order valence-electron chi connectivity index (χ3n) is 2.02. The quantitative estimate of drug-likeness (QED) is 0.538. The van der Waals surface area contributed by atoms with Crippen molar-refractivity contribution in [2.24, 2.45) is 0 Å². The Balaban J connectivity index is 2.83. The molecule has 1 aromatic carbocycles. The maximum absolute atomic E-state index is 10.7. The van der Waals surface area contributed by atoms with E-state index in [1.807, 2.05) is 19.1 Å². The predicted octanol–water partition coefficient (Wildman–Crippen LogP) is 3.54. The van der Waals surface area contributed by atoms with Crippen molar-refractivity contribution in [2.45, 2.75) is 20.8 Å². The van der Waals surface area contributed by atoms with Gasteiger partial charge in [0.25, 0.3) is 0 Å². The lowest BCUT2D eigenvalue weighted by Gasteiger charge is -1.97. The highest BCUT2D eigenvalue weighted by molar-refractivity contribution is 5.87. The van der Waals surface area contributed by atoms with Crippen LogP contribution in [0.15, 0.2) is 42.0 Å². The average Bonchev–Trinajstić information content (AvgIpc) is 2.15. The van der Waals surface area contributed by atoms with Gasteiger partial charge in [0.2, 0.25) is 0 Å². The number of hydrogen-bond acceptors (Lipinski definition) is 1. The Labute approximate surface area is 91.1 Å². The molecule has 0 spiro atoms. The molecule has 0 radical (unpaired) electrons. The fraction of sp³-hybridized carbons (Fsp3) is 0.214. The average molecular weight is 200 g/mol. The molecular weight excluding hydrogens is 184 g/mol. The summed E-state index contributed by atoms with van der Waals surface area (Å²) in [5.41, 5.74) is 3.49. The molecule has 1 heteroatoms. The van der Waals surface area contributed by atoms with E-state index in [0.29, 0.717) is 0 Å². The summed E-state index contributed by atoms with van der Waals surface area (Å²) in [7, 11) is 0. The lowest BCUT2D eigenvalue weighted by atomic mass is 10.1. The van der Waals surface area contributed by atoms with Crippen LogP contribution in [0.4, 0.5) is 0 Å². The van der Waals surface area contributed by atoms with Gasteiger partial charge >= 0.3 is 0 Å². The molecule has 0 aliphatic rings. The second-order valence-electron chi connectivity index (χ2n) is 3.75. The minimum Gasteiger partial charge on any atom is -0.295 e. The van der Waals surface area contributed by atoms with Gasteiger partial charge in [0.05, 0.1) is 0 Å². The molecule has 0 fully saturated rings. The van der Waals surface area contributed by atoms with Gasteiger partial charge in [-0.3, -0.25) is 4.79 Å². The van der Waals surface area contributed by atoms with E-state index in [2.05, 4.69) is 31.2 Å². The molecule has 0 atom stereocenters.